The number of aromatic nitrogens is 2. The van der Waals surface area contributed by atoms with Gasteiger partial charge in [-0.3, -0.25) is 14.3 Å². The van der Waals surface area contributed by atoms with E-state index in [-0.39, 0.29) is 17.7 Å². The van der Waals surface area contributed by atoms with Crippen molar-refractivity contribution in [2.75, 3.05) is 40.3 Å². The number of carbonyl (C=O) groups is 2. The third-order valence-electron chi connectivity index (χ3n) is 3.67. The highest BCUT2D eigenvalue weighted by Crippen LogP contribution is 2.12. The Hall–Kier alpha value is -1.89. The molecular weight excluding hydrogens is 258 g/mol. The molecule has 1 aliphatic rings. The fourth-order valence-electron chi connectivity index (χ4n) is 2.47. The van der Waals surface area contributed by atoms with Gasteiger partial charge in [0.2, 0.25) is 5.91 Å². The van der Waals surface area contributed by atoms with E-state index in [1.807, 2.05) is 7.05 Å². The number of rotatable bonds is 2. The molecule has 0 bridgehead atoms. The van der Waals surface area contributed by atoms with E-state index in [9.17, 15) is 9.59 Å². The van der Waals surface area contributed by atoms with Gasteiger partial charge in [-0.25, -0.2) is 0 Å². The van der Waals surface area contributed by atoms with Gasteiger partial charge in [0.1, 0.15) is 5.69 Å². The summed E-state index contributed by atoms with van der Waals surface area (Å²) in [4.78, 5) is 28.2. The number of hydrogen-bond donors (Lipinski definition) is 1. The maximum Gasteiger partial charge on any atom is 0.272 e. The molecule has 0 spiro atoms. The summed E-state index contributed by atoms with van der Waals surface area (Å²) in [6, 6.07) is 1.70. The average Bonchev–Trinajstić information content (AvgIpc) is 2.76. The molecule has 1 fully saturated rings. The van der Waals surface area contributed by atoms with Gasteiger partial charge in [0.05, 0.1) is 5.92 Å². The normalized spacial score (nSPS) is 20.6. The first-order valence-corrected chi connectivity index (χ1v) is 6.70. The molecule has 110 valence electrons. The Morgan fingerprint density at radius 1 is 1.30 bits per heavy atom. The Kier molecular flexibility index (Phi) is 4.39. The zero-order valence-corrected chi connectivity index (χ0v) is 12.2. The summed E-state index contributed by atoms with van der Waals surface area (Å²) in [6.45, 7) is 2.48. The van der Waals surface area contributed by atoms with Crippen LogP contribution in [0.1, 0.15) is 10.5 Å². The third kappa shape index (κ3) is 2.98. The predicted octanol–water partition coefficient (Wildman–Crippen LogP) is -0.830. The number of carbonyl (C=O) groups excluding carboxylic acids is 2. The quantitative estimate of drug-likeness (QED) is 0.767. The van der Waals surface area contributed by atoms with Crippen LogP contribution in [0.3, 0.4) is 0 Å². The lowest BCUT2D eigenvalue weighted by atomic mass is 10.1. The number of nitrogens with zero attached hydrogens (tertiary/aromatic N) is 4. The molecule has 2 amide bonds. The van der Waals surface area contributed by atoms with Gasteiger partial charge in [-0.2, -0.15) is 5.10 Å². The van der Waals surface area contributed by atoms with Crippen LogP contribution < -0.4 is 5.32 Å². The lowest BCUT2D eigenvalue weighted by Gasteiger charge is -2.23. The van der Waals surface area contributed by atoms with Crippen molar-refractivity contribution in [1.82, 2.24) is 24.9 Å². The molecule has 1 atom stereocenters. The summed E-state index contributed by atoms with van der Waals surface area (Å²) in [7, 11) is 5.34. The molecular formula is C13H21N5O2. The topological polar surface area (TPSA) is 70.5 Å². The van der Waals surface area contributed by atoms with Crippen molar-refractivity contribution in [3.8, 4) is 0 Å². The Morgan fingerprint density at radius 3 is 2.65 bits per heavy atom. The molecule has 7 nitrogen and oxygen atoms in total. The smallest absolute Gasteiger partial charge is 0.272 e. The van der Waals surface area contributed by atoms with E-state index < -0.39 is 0 Å². The molecule has 1 aromatic rings. The zero-order chi connectivity index (χ0) is 14.7. The van der Waals surface area contributed by atoms with Crippen molar-refractivity contribution in [3.63, 3.8) is 0 Å². The van der Waals surface area contributed by atoms with E-state index in [2.05, 4.69) is 15.3 Å². The molecule has 0 unspecified atom stereocenters. The van der Waals surface area contributed by atoms with Crippen LogP contribution in [-0.4, -0.2) is 71.7 Å². The molecule has 7 heteroatoms. The first kappa shape index (κ1) is 14.5. The van der Waals surface area contributed by atoms with Crippen LogP contribution in [0.15, 0.2) is 12.3 Å². The fourth-order valence-corrected chi connectivity index (χ4v) is 2.47. The first-order chi connectivity index (χ1) is 9.52. The zero-order valence-electron chi connectivity index (χ0n) is 12.2. The summed E-state index contributed by atoms with van der Waals surface area (Å²) in [5, 5.41) is 6.69. The van der Waals surface area contributed by atoms with E-state index >= 15 is 0 Å². The minimum Gasteiger partial charge on any atom is -0.359 e. The van der Waals surface area contributed by atoms with Crippen LogP contribution in [0.4, 0.5) is 0 Å². The number of hydrogen-bond acceptors (Lipinski definition) is 4. The molecule has 20 heavy (non-hydrogen) atoms. The Labute approximate surface area is 118 Å². The molecule has 2 rings (SSSR count). The third-order valence-corrected chi connectivity index (χ3v) is 3.67. The van der Waals surface area contributed by atoms with Crippen LogP contribution in [0.5, 0.6) is 0 Å². The van der Waals surface area contributed by atoms with Gasteiger partial charge in [-0.05, 0) is 13.1 Å². The second kappa shape index (κ2) is 6.04. The first-order valence-electron chi connectivity index (χ1n) is 6.70. The maximum absolute atomic E-state index is 12.5. The van der Waals surface area contributed by atoms with Crippen LogP contribution in [0.25, 0.3) is 0 Å². The second-order valence-corrected chi connectivity index (χ2v) is 5.16. The molecule has 1 saturated heterocycles. The highest BCUT2D eigenvalue weighted by molar-refractivity contribution is 5.93. The molecule has 1 aromatic heterocycles. The van der Waals surface area contributed by atoms with Gasteiger partial charge < -0.3 is 15.1 Å². The van der Waals surface area contributed by atoms with Crippen molar-refractivity contribution in [3.05, 3.63) is 18.0 Å². The summed E-state index contributed by atoms with van der Waals surface area (Å²) < 4.78 is 1.56. The SMILES string of the molecule is CNC(=O)[C@@H]1CN(C)CCN(C(=O)c2ccnn2C)C1. The molecule has 0 aromatic carbocycles. The maximum atomic E-state index is 12.5. The molecule has 2 heterocycles. The Bertz CT molecular complexity index is 499. The predicted molar refractivity (Wildman–Crippen MR) is 74.2 cm³/mol. The van der Waals surface area contributed by atoms with Gasteiger partial charge in [-0.15, -0.1) is 0 Å². The number of amides is 2. The molecule has 1 aliphatic heterocycles. The standard InChI is InChI=1S/C13H21N5O2/c1-14-12(19)10-8-16(2)6-7-18(9-10)13(20)11-4-5-15-17(11)3/h4-5,10H,6-9H2,1-3H3,(H,14,19)/t10-/m1/s1. The highest BCUT2D eigenvalue weighted by Gasteiger charge is 2.29. The van der Waals surface area contributed by atoms with Crippen LogP contribution in [-0.2, 0) is 11.8 Å². The lowest BCUT2D eigenvalue weighted by molar-refractivity contribution is -0.125. The van der Waals surface area contributed by atoms with Crippen LogP contribution >= 0.6 is 0 Å². The van der Waals surface area contributed by atoms with Crippen molar-refractivity contribution < 1.29 is 9.59 Å². The lowest BCUT2D eigenvalue weighted by Crippen LogP contribution is -2.41. The van der Waals surface area contributed by atoms with E-state index in [0.717, 1.165) is 6.54 Å². The second-order valence-electron chi connectivity index (χ2n) is 5.16. The van der Waals surface area contributed by atoms with Gasteiger partial charge in [0, 0.05) is 46.5 Å². The van der Waals surface area contributed by atoms with Gasteiger partial charge in [-0.1, -0.05) is 0 Å². The summed E-state index contributed by atoms with van der Waals surface area (Å²) in [5.41, 5.74) is 0.546. The molecule has 0 aliphatic carbocycles. The Balaban J connectivity index is 2.16. The van der Waals surface area contributed by atoms with Gasteiger partial charge >= 0.3 is 0 Å². The van der Waals surface area contributed by atoms with Gasteiger partial charge in [0.25, 0.3) is 5.91 Å². The molecule has 0 saturated carbocycles. The number of likely N-dealkylation sites (N-methyl/N-ethyl adjacent to an activating group) is 1. The van der Waals surface area contributed by atoms with Crippen molar-refractivity contribution in [1.29, 1.82) is 0 Å². The Morgan fingerprint density at radius 2 is 2.05 bits per heavy atom. The number of nitrogens with one attached hydrogen (secondary N) is 1. The van der Waals surface area contributed by atoms with E-state index in [1.54, 1.807) is 35.9 Å². The highest BCUT2D eigenvalue weighted by atomic mass is 16.2. The average molecular weight is 279 g/mol. The summed E-state index contributed by atoms with van der Waals surface area (Å²) in [5.74, 6) is -0.305. The number of aryl methyl sites for hydroxylation is 1. The fraction of sp³-hybridized carbons (Fsp3) is 0.615. The molecule has 0 radical (unpaired) electrons. The van der Waals surface area contributed by atoms with Gasteiger partial charge in [0.15, 0.2) is 0 Å². The largest absolute Gasteiger partial charge is 0.359 e. The van der Waals surface area contributed by atoms with Crippen molar-refractivity contribution >= 4 is 11.8 Å². The van der Waals surface area contributed by atoms with Crippen LogP contribution in [0.2, 0.25) is 0 Å². The van der Waals surface area contributed by atoms with E-state index in [1.165, 1.54) is 0 Å². The summed E-state index contributed by atoms with van der Waals surface area (Å²) >= 11 is 0. The monoisotopic (exact) mass is 279 g/mol. The minimum absolute atomic E-state index is 0.0263. The van der Waals surface area contributed by atoms with E-state index in [0.29, 0.717) is 25.3 Å². The van der Waals surface area contributed by atoms with E-state index in [4.69, 9.17) is 0 Å². The van der Waals surface area contributed by atoms with Crippen molar-refractivity contribution in [2.24, 2.45) is 13.0 Å². The summed E-state index contributed by atoms with van der Waals surface area (Å²) in [6.07, 6.45) is 1.60. The minimum atomic E-state index is -0.204. The van der Waals surface area contributed by atoms with Crippen LogP contribution in [0, 0.1) is 5.92 Å². The molecule has 1 N–H and O–H groups in total. The van der Waals surface area contributed by atoms with Crippen molar-refractivity contribution in [2.45, 2.75) is 0 Å².